The van der Waals surface area contributed by atoms with E-state index in [0.29, 0.717) is 12.2 Å². The van der Waals surface area contributed by atoms with Crippen LogP contribution in [-0.4, -0.2) is 12.2 Å². The highest BCUT2D eigenvalue weighted by Crippen LogP contribution is 2.23. The lowest BCUT2D eigenvalue weighted by Gasteiger charge is -2.20. The second-order valence-electron chi connectivity index (χ2n) is 4.58. The highest BCUT2D eigenvalue weighted by atomic mass is 16.3. The van der Waals surface area contributed by atoms with Crippen molar-refractivity contribution in [1.82, 2.24) is 0 Å². The maximum absolute atomic E-state index is 9.79. The first-order valence-corrected chi connectivity index (χ1v) is 5.91. The lowest BCUT2D eigenvalue weighted by atomic mass is 10.1. The molecule has 0 atom stereocenters. The molecule has 18 heavy (non-hydrogen) atoms. The van der Waals surface area contributed by atoms with Crippen molar-refractivity contribution in [3.8, 4) is 5.75 Å². The molecule has 0 spiro atoms. The van der Waals surface area contributed by atoms with E-state index in [1.807, 2.05) is 7.05 Å². The Labute approximate surface area is 107 Å². The zero-order valence-corrected chi connectivity index (χ0v) is 10.7. The van der Waals surface area contributed by atoms with Crippen molar-refractivity contribution in [2.45, 2.75) is 13.5 Å². The summed E-state index contributed by atoms with van der Waals surface area (Å²) in [5.41, 5.74) is 9.58. The summed E-state index contributed by atoms with van der Waals surface area (Å²) >= 11 is 0. The summed E-state index contributed by atoms with van der Waals surface area (Å²) in [5.74, 6) is 0.281. The SMILES string of the molecule is Cc1ccc(N(C)Cc2cc(N)ccc2O)cc1. The van der Waals surface area contributed by atoms with E-state index in [4.69, 9.17) is 5.73 Å². The van der Waals surface area contributed by atoms with Crippen molar-refractivity contribution in [2.75, 3.05) is 17.7 Å². The van der Waals surface area contributed by atoms with Gasteiger partial charge in [0, 0.05) is 30.5 Å². The van der Waals surface area contributed by atoms with E-state index in [0.717, 1.165) is 11.3 Å². The van der Waals surface area contributed by atoms with Crippen molar-refractivity contribution >= 4 is 11.4 Å². The second kappa shape index (κ2) is 5.00. The highest BCUT2D eigenvalue weighted by Gasteiger charge is 2.06. The Kier molecular flexibility index (Phi) is 3.42. The Morgan fingerprint density at radius 2 is 1.78 bits per heavy atom. The van der Waals surface area contributed by atoms with Gasteiger partial charge in [-0.15, -0.1) is 0 Å². The Balaban J connectivity index is 2.18. The summed E-state index contributed by atoms with van der Waals surface area (Å²) in [6, 6.07) is 13.4. The molecule has 3 heteroatoms. The molecule has 0 bridgehead atoms. The summed E-state index contributed by atoms with van der Waals surface area (Å²) < 4.78 is 0. The summed E-state index contributed by atoms with van der Waals surface area (Å²) in [5, 5.41) is 9.79. The quantitative estimate of drug-likeness (QED) is 0.642. The van der Waals surface area contributed by atoms with Crippen LogP contribution in [-0.2, 0) is 6.54 Å². The molecule has 2 rings (SSSR count). The van der Waals surface area contributed by atoms with Crippen LogP contribution in [0.5, 0.6) is 5.75 Å². The number of aryl methyl sites for hydroxylation is 1. The van der Waals surface area contributed by atoms with Crippen LogP contribution in [0.4, 0.5) is 11.4 Å². The number of anilines is 2. The predicted octanol–water partition coefficient (Wildman–Crippen LogP) is 2.92. The number of phenolic OH excluding ortho intramolecular Hbond substituents is 1. The molecule has 0 aliphatic rings. The van der Waals surface area contributed by atoms with Crippen LogP contribution in [0, 0.1) is 6.92 Å². The number of rotatable bonds is 3. The van der Waals surface area contributed by atoms with Crippen LogP contribution in [0.3, 0.4) is 0 Å². The molecule has 3 N–H and O–H groups in total. The molecule has 0 amide bonds. The van der Waals surface area contributed by atoms with Crippen LogP contribution in [0.2, 0.25) is 0 Å². The summed E-state index contributed by atoms with van der Waals surface area (Å²) in [6.45, 7) is 2.69. The van der Waals surface area contributed by atoms with Crippen molar-refractivity contribution in [1.29, 1.82) is 0 Å². The zero-order valence-electron chi connectivity index (χ0n) is 10.7. The average molecular weight is 242 g/mol. The molecule has 0 saturated heterocycles. The van der Waals surface area contributed by atoms with E-state index in [-0.39, 0.29) is 5.75 Å². The van der Waals surface area contributed by atoms with Crippen LogP contribution in [0.1, 0.15) is 11.1 Å². The molecule has 2 aromatic rings. The fraction of sp³-hybridized carbons (Fsp3) is 0.200. The Bertz CT molecular complexity index is 535. The van der Waals surface area contributed by atoms with Crippen molar-refractivity contribution in [2.24, 2.45) is 0 Å². The monoisotopic (exact) mass is 242 g/mol. The highest BCUT2D eigenvalue weighted by molar-refractivity contribution is 5.51. The fourth-order valence-electron chi connectivity index (χ4n) is 1.88. The molecule has 94 valence electrons. The largest absolute Gasteiger partial charge is 0.508 e. The van der Waals surface area contributed by atoms with Gasteiger partial charge in [0.15, 0.2) is 0 Å². The first-order chi connectivity index (χ1) is 8.56. The van der Waals surface area contributed by atoms with Gasteiger partial charge >= 0.3 is 0 Å². The van der Waals surface area contributed by atoms with Gasteiger partial charge in [-0.1, -0.05) is 17.7 Å². The first kappa shape index (κ1) is 12.3. The molecular weight excluding hydrogens is 224 g/mol. The van der Waals surface area contributed by atoms with Gasteiger partial charge in [0.1, 0.15) is 5.75 Å². The zero-order chi connectivity index (χ0) is 13.1. The average Bonchev–Trinajstić information content (AvgIpc) is 2.34. The third kappa shape index (κ3) is 2.74. The minimum atomic E-state index is 0.281. The smallest absolute Gasteiger partial charge is 0.120 e. The van der Waals surface area contributed by atoms with E-state index in [1.165, 1.54) is 5.56 Å². The molecule has 0 unspecified atom stereocenters. The number of nitrogen functional groups attached to an aromatic ring is 1. The van der Waals surface area contributed by atoms with E-state index >= 15 is 0 Å². The molecule has 2 aromatic carbocycles. The maximum atomic E-state index is 9.79. The van der Waals surface area contributed by atoms with Crippen LogP contribution >= 0.6 is 0 Å². The minimum Gasteiger partial charge on any atom is -0.508 e. The Hall–Kier alpha value is -2.16. The topological polar surface area (TPSA) is 49.5 Å². The van der Waals surface area contributed by atoms with E-state index < -0.39 is 0 Å². The fourth-order valence-corrected chi connectivity index (χ4v) is 1.88. The van der Waals surface area contributed by atoms with Crippen molar-refractivity contribution in [3.63, 3.8) is 0 Å². The number of aromatic hydroxyl groups is 1. The van der Waals surface area contributed by atoms with Crippen molar-refractivity contribution in [3.05, 3.63) is 53.6 Å². The number of nitrogens with two attached hydrogens (primary N) is 1. The summed E-state index contributed by atoms with van der Waals surface area (Å²) in [6.07, 6.45) is 0. The predicted molar refractivity (Wildman–Crippen MR) is 75.8 cm³/mol. The van der Waals surface area contributed by atoms with Gasteiger partial charge < -0.3 is 15.7 Å². The normalized spacial score (nSPS) is 10.3. The third-order valence-corrected chi connectivity index (χ3v) is 2.99. The standard InChI is InChI=1S/C15H18N2O/c1-11-3-6-14(7-4-11)17(2)10-12-9-13(16)5-8-15(12)18/h3-9,18H,10,16H2,1-2H3. The lowest BCUT2D eigenvalue weighted by molar-refractivity contribution is 0.468. The van der Waals surface area contributed by atoms with E-state index in [2.05, 4.69) is 36.1 Å². The third-order valence-electron chi connectivity index (χ3n) is 2.99. The van der Waals surface area contributed by atoms with Gasteiger partial charge in [0.05, 0.1) is 0 Å². The van der Waals surface area contributed by atoms with Gasteiger partial charge in [-0.2, -0.15) is 0 Å². The minimum absolute atomic E-state index is 0.281. The van der Waals surface area contributed by atoms with E-state index in [9.17, 15) is 5.11 Å². The molecule has 0 heterocycles. The maximum Gasteiger partial charge on any atom is 0.120 e. The number of hydrogen-bond donors (Lipinski definition) is 2. The second-order valence-corrected chi connectivity index (χ2v) is 4.58. The number of benzene rings is 2. The molecule has 3 nitrogen and oxygen atoms in total. The van der Waals surface area contributed by atoms with Crippen LogP contribution < -0.4 is 10.6 Å². The van der Waals surface area contributed by atoms with Gasteiger partial charge in [-0.3, -0.25) is 0 Å². The van der Waals surface area contributed by atoms with Gasteiger partial charge in [0.2, 0.25) is 0 Å². The van der Waals surface area contributed by atoms with E-state index in [1.54, 1.807) is 18.2 Å². The molecular formula is C15H18N2O. The van der Waals surface area contributed by atoms with Gasteiger partial charge in [-0.25, -0.2) is 0 Å². The molecule has 0 aliphatic carbocycles. The lowest BCUT2D eigenvalue weighted by Crippen LogP contribution is -2.16. The molecule has 0 fully saturated rings. The number of hydrogen-bond acceptors (Lipinski definition) is 3. The summed E-state index contributed by atoms with van der Waals surface area (Å²) in [7, 11) is 1.99. The molecule has 0 aliphatic heterocycles. The molecule has 0 aromatic heterocycles. The van der Waals surface area contributed by atoms with Crippen LogP contribution in [0.25, 0.3) is 0 Å². The molecule has 0 saturated carbocycles. The first-order valence-electron chi connectivity index (χ1n) is 5.91. The Morgan fingerprint density at radius 1 is 1.11 bits per heavy atom. The molecule has 0 radical (unpaired) electrons. The number of phenols is 1. The van der Waals surface area contributed by atoms with Gasteiger partial charge in [0.25, 0.3) is 0 Å². The Morgan fingerprint density at radius 3 is 2.44 bits per heavy atom. The van der Waals surface area contributed by atoms with Crippen LogP contribution in [0.15, 0.2) is 42.5 Å². The van der Waals surface area contributed by atoms with Crippen molar-refractivity contribution < 1.29 is 5.11 Å². The number of nitrogens with zero attached hydrogens (tertiary/aromatic N) is 1. The van der Waals surface area contributed by atoms with Gasteiger partial charge in [-0.05, 0) is 37.3 Å². The summed E-state index contributed by atoms with van der Waals surface area (Å²) in [4.78, 5) is 2.08.